The van der Waals surface area contributed by atoms with Gasteiger partial charge in [0.1, 0.15) is 5.78 Å². The van der Waals surface area contributed by atoms with E-state index in [1.807, 2.05) is 0 Å². The van der Waals surface area contributed by atoms with Crippen molar-refractivity contribution in [3.05, 3.63) is 11.4 Å². The van der Waals surface area contributed by atoms with Gasteiger partial charge in [0, 0.05) is 6.42 Å². The van der Waals surface area contributed by atoms with Crippen molar-refractivity contribution in [1.29, 1.82) is 0 Å². The molecule has 0 aromatic carbocycles. The molecule has 0 amide bonds. The molecule has 0 saturated heterocycles. The van der Waals surface area contributed by atoms with Gasteiger partial charge in [-0.2, -0.15) is 0 Å². The molecule has 0 rings (SSSR count). The molecule has 1 atom stereocenters. The minimum absolute atomic E-state index is 0.0903. The molecule has 0 aliphatic heterocycles. The predicted octanol–water partition coefficient (Wildman–Crippen LogP) is 2.30. The lowest BCUT2D eigenvalue weighted by atomic mass is 10.0. The van der Waals surface area contributed by atoms with Crippen LogP contribution in [0, 0.1) is 12.5 Å². The van der Waals surface area contributed by atoms with Gasteiger partial charge in [-0.3, -0.25) is 4.79 Å². The molecule has 1 unspecified atom stereocenters. The fourth-order valence-electron chi connectivity index (χ4n) is 1.06. The van der Waals surface area contributed by atoms with E-state index < -0.39 is 0 Å². The van der Waals surface area contributed by atoms with Crippen molar-refractivity contribution in [1.82, 2.24) is 0 Å². The van der Waals surface area contributed by atoms with Gasteiger partial charge in [-0.1, -0.05) is 13.8 Å². The Morgan fingerprint density at radius 3 is 2.36 bits per heavy atom. The Kier molecular flexibility index (Phi) is 4.52. The summed E-state index contributed by atoms with van der Waals surface area (Å²) in [6, 6.07) is -0.0903. The van der Waals surface area contributed by atoms with Crippen LogP contribution in [0.25, 0.3) is 4.85 Å². The molecule has 0 radical (unpaired) electrons. The summed E-state index contributed by atoms with van der Waals surface area (Å²) in [7, 11) is 0. The maximum atomic E-state index is 10.7. The number of carbonyl (C=O) groups excluding carboxylic acids is 1. The summed E-state index contributed by atoms with van der Waals surface area (Å²) in [5.41, 5.74) is 0. The SMILES string of the molecule is [C-]#[N+]C(CC(C)=O)CC(C)C. The van der Waals surface area contributed by atoms with Crippen LogP contribution in [-0.2, 0) is 4.79 Å². The van der Waals surface area contributed by atoms with Crippen molar-refractivity contribution in [3.63, 3.8) is 0 Å². The second-order valence-electron chi connectivity index (χ2n) is 3.32. The zero-order valence-corrected chi connectivity index (χ0v) is 7.42. The van der Waals surface area contributed by atoms with Crippen LogP contribution < -0.4 is 0 Å². The number of hydrogen-bond acceptors (Lipinski definition) is 1. The first-order valence-corrected chi connectivity index (χ1v) is 3.92. The van der Waals surface area contributed by atoms with Gasteiger partial charge in [-0.25, -0.2) is 6.57 Å². The molecule has 0 aliphatic carbocycles. The molecule has 0 aromatic heterocycles. The maximum Gasteiger partial charge on any atom is 0.230 e. The highest BCUT2D eigenvalue weighted by atomic mass is 16.1. The van der Waals surface area contributed by atoms with Crippen LogP contribution in [0.5, 0.6) is 0 Å². The molecular weight excluding hydrogens is 138 g/mol. The molecule has 0 spiro atoms. The minimum Gasteiger partial charge on any atom is -0.313 e. The lowest BCUT2D eigenvalue weighted by molar-refractivity contribution is -0.117. The average molecular weight is 153 g/mol. The van der Waals surface area contributed by atoms with E-state index in [2.05, 4.69) is 18.7 Å². The smallest absolute Gasteiger partial charge is 0.230 e. The molecular formula is C9H15NO. The minimum atomic E-state index is -0.0903. The van der Waals surface area contributed by atoms with Gasteiger partial charge in [-0.15, -0.1) is 0 Å². The van der Waals surface area contributed by atoms with E-state index in [4.69, 9.17) is 6.57 Å². The molecule has 2 heteroatoms. The summed E-state index contributed by atoms with van der Waals surface area (Å²) < 4.78 is 0. The van der Waals surface area contributed by atoms with E-state index >= 15 is 0 Å². The largest absolute Gasteiger partial charge is 0.313 e. The Morgan fingerprint density at radius 1 is 1.55 bits per heavy atom. The third kappa shape index (κ3) is 5.60. The van der Waals surface area contributed by atoms with Crippen molar-refractivity contribution < 1.29 is 4.79 Å². The van der Waals surface area contributed by atoms with Gasteiger partial charge in [-0.05, 0) is 12.8 Å². The van der Waals surface area contributed by atoms with Crippen LogP contribution >= 0.6 is 0 Å². The zero-order valence-electron chi connectivity index (χ0n) is 7.42. The van der Waals surface area contributed by atoms with Crippen molar-refractivity contribution in [2.45, 2.75) is 39.7 Å². The fraction of sp³-hybridized carbons (Fsp3) is 0.778. The van der Waals surface area contributed by atoms with Crippen molar-refractivity contribution in [2.24, 2.45) is 5.92 Å². The van der Waals surface area contributed by atoms with Crippen LogP contribution in [0.15, 0.2) is 0 Å². The normalized spacial score (nSPS) is 12.6. The molecule has 0 aromatic rings. The first-order valence-electron chi connectivity index (χ1n) is 3.92. The maximum absolute atomic E-state index is 10.7. The molecule has 0 aliphatic rings. The Hall–Kier alpha value is -0.840. The van der Waals surface area contributed by atoms with Crippen LogP contribution in [-0.4, -0.2) is 11.8 Å². The van der Waals surface area contributed by atoms with Crippen LogP contribution in [0.3, 0.4) is 0 Å². The zero-order chi connectivity index (χ0) is 8.85. The second-order valence-corrected chi connectivity index (χ2v) is 3.32. The highest BCUT2D eigenvalue weighted by Crippen LogP contribution is 2.11. The van der Waals surface area contributed by atoms with Crippen molar-refractivity contribution in [3.8, 4) is 0 Å². The number of carbonyl (C=O) groups is 1. The highest BCUT2D eigenvalue weighted by Gasteiger charge is 2.16. The van der Waals surface area contributed by atoms with Gasteiger partial charge in [0.2, 0.25) is 6.04 Å². The highest BCUT2D eigenvalue weighted by molar-refractivity contribution is 5.76. The van der Waals surface area contributed by atoms with E-state index in [0.29, 0.717) is 12.3 Å². The van der Waals surface area contributed by atoms with E-state index in [0.717, 1.165) is 6.42 Å². The quantitative estimate of drug-likeness (QED) is 0.568. The van der Waals surface area contributed by atoms with Gasteiger partial charge >= 0.3 is 0 Å². The Morgan fingerprint density at radius 2 is 2.09 bits per heavy atom. The number of Topliss-reactive ketones (excluding diaryl/α,β-unsaturated/α-hetero) is 1. The molecule has 2 nitrogen and oxygen atoms in total. The molecule has 11 heavy (non-hydrogen) atoms. The number of rotatable bonds is 4. The van der Waals surface area contributed by atoms with Gasteiger partial charge in [0.05, 0.1) is 6.42 Å². The average Bonchev–Trinajstić information content (AvgIpc) is 1.84. The number of nitrogens with zero attached hydrogens (tertiary/aromatic N) is 1. The summed E-state index contributed by atoms with van der Waals surface area (Å²) >= 11 is 0. The monoisotopic (exact) mass is 153 g/mol. The Bertz CT molecular complexity index is 167. The van der Waals surface area contributed by atoms with E-state index in [9.17, 15) is 4.79 Å². The third-order valence-electron chi connectivity index (χ3n) is 1.45. The third-order valence-corrected chi connectivity index (χ3v) is 1.45. The van der Waals surface area contributed by atoms with Crippen LogP contribution in [0.1, 0.15) is 33.6 Å². The van der Waals surface area contributed by atoms with Crippen molar-refractivity contribution >= 4 is 5.78 Å². The van der Waals surface area contributed by atoms with E-state index in [1.54, 1.807) is 6.92 Å². The second kappa shape index (κ2) is 4.90. The summed E-state index contributed by atoms with van der Waals surface area (Å²) in [6.45, 7) is 12.5. The van der Waals surface area contributed by atoms with Gasteiger partial charge in [0.15, 0.2) is 0 Å². The first kappa shape index (κ1) is 10.2. The molecule has 62 valence electrons. The van der Waals surface area contributed by atoms with Gasteiger partial charge in [0.25, 0.3) is 0 Å². The number of ketones is 1. The lowest BCUT2D eigenvalue weighted by Crippen LogP contribution is -2.10. The van der Waals surface area contributed by atoms with E-state index in [-0.39, 0.29) is 11.8 Å². The number of hydrogen-bond donors (Lipinski definition) is 0. The first-order chi connectivity index (χ1) is 5.06. The van der Waals surface area contributed by atoms with Crippen LogP contribution in [0.2, 0.25) is 0 Å². The fourth-order valence-corrected chi connectivity index (χ4v) is 1.06. The topological polar surface area (TPSA) is 21.4 Å². The van der Waals surface area contributed by atoms with Crippen LogP contribution in [0.4, 0.5) is 0 Å². The molecule has 0 saturated carbocycles. The summed E-state index contributed by atoms with van der Waals surface area (Å²) in [5.74, 6) is 0.625. The summed E-state index contributed by atoms with van der Waals surface area (Å²) in [4.78, 5) is 14.0. The predicted molar refractivity (Wildman–Crippen MR) is 45.1 cm³/mol. The summed E-state index contributed by atoms with van der Waals surface area (Å²) in [6.07, 6.45) is 1.25. The standard InChI is InChI=1S/C9H15NO/c1-7(2)5-9(10-4)6-8(3)11/h7,9H,5-6H2,1-3H3. The lowest BCUT2D eigenvalue weighted by Gasteiger charge is -2.05. The Labute approximate surface area is 68.4 Å². The molecule has 0 N–H and O–H groups in total. The van der Waals surface area contributed by atoms with Gasteiger partial charge < -0.3 is 4.85 Å². The van der Waals surface area contributed by atoms with E-state index in [1.165, 1.54) is 0 Å². The molecule has 0 bridgehead atoms. The molecule has 0 fully saturated rings. The Balaban J connectivity index is 3.79. The van der Waals surface area contributed by atoms with Crippen molar-refractivity contribution in [2.75, 3.05) is 0 Å². The summed E-state index contributed by atoms with van der Waals surface area (Å²) in [5, 5.41) is 0. The molecule has 0 heterocycles.